The Morgan fingerprint density at radius 1 is 0.880 bits per heavy atom. The minimum atomic E-state index is -0.0865. The van der Waals surface area contributed by atoms with Gasteiger partial charge < -0.3 is 4.74 Å². The van der Waals surface area contributed by atoms with Crippen molar-refractivity contribution in [3.63, 3.8) is 0 Å². The van der Waals surface area contributed by atoms with Gasteiger partial charge in [-0.1, -0.05) is 85.2 Å². The van der Waals surface area contributed by atoms with E-state index in [1.165, 1.54) is 45.2 Å². The topological polar surface area (TPSA) is 44.9 Å². The lowest BCUT2D eigenvalue weighted by atomic mass is 9.71. The monoisotopic (exact) mass is 664 g/mol. The quantitative estimate of drug-likeness (QED) is 0.160. The molecule has 5 nitrogen and oxygen atoms in total. The second-order valence-corrected chi connectivity index (χ2v) is 16.0. The Morgan fingerprint density at radius 2 is 1.64 bits per heavy atom. The van der Waals surface area contributed by atoms with Crippen LogP contribution in [0, 0.1) is 18.8 Å². The first-order chi connectivity index (χ1) is 23.8. The fourth-order valence-electron chi connectivity index (χ4n) is 8.40. The summed E-state index contributed by atoms with van der Waals surface area (Å²) in [6, 6.07) is 25.9. The zero-order valence-electron chi connectivity index (χ0n) is 31.5. The van der Waals surface area contributed by atoms with Gasteiger partial charge in [0.2, 0.25) is 0 Å². The Kier molecular flexibility index (Phi) is 8.74. The van der Waals surface area contributed by atoms with Crippen LogP contribution in [0.15, 0.2) is 90.6 Å². The highest BCUT2D eigenvalue weighted by atomic mass is 16.5. The number of rotatable bonds is 7. The maximum absolute atomic E-state index is 6.83. The van der Waals surface area contributed by atoms with Crippen LogP contribution in [-0.2, 0) is 11.8 Å². The molecule has 0 saturated carbocycles. The highest BCUT2D eigenvalue weighted by Gasteiger charge is 2.33. The van der Waals surface area contributed by atoms with Crippen LogP contribution in [0.25, 0.3) is 33.3 Å². The van der Waals surface area contributed by atoms with Crippen LogP contribution < -0.4 is 4.74 Å². The fraction of sp³-hybridized carbons (Fsp3) is 0.378. The summed E-state index contributed by atoms with van der Waals surface area (Å²) >= 11 is 0. The highest BCUT2D eigenvalue weighted by Crippen LogP contribution is 2.45. The van der Waals surface area contributed by atoms with Crippen molar-refractivity contribution in [1.29, 1.82) is 0 Å². The van der Waals surface area contributed by atoms with E-state index in [2.05, 4.69) is 157 Å². The molecule has 0 aliphatic heterocycles. The maximum atomic E-state index is 6.83. The van der Waals surface area contributed by atoms with Crippen molar-refractivity contribution in [1.82, 2.24) is 19.3 Å². The van der Waals surface area contributed by atoms with E-state index < -0.39 is 0 Å². The van der Waals surface area contributed by atoms with E-state index in [-0.39, 0.29) is 5.41 Å². The molecule has 3 aromatic carbocycles. The Balaban J connectivity index is 1.36. The van der Waals surface area contributed by atoms with E-state index in [0.29, 0.717) is 23.7 Å². The van der Waals surface area contributed by atoms with Crippen molar-refractivity contribution in [3.8, 4) is 23.0 Å². The first-order valence-corrected chi connectivity index (χ1v) is 18.4. The molecule has 7 rings (SSSR count). The summed E-state index contributed by atoms with van der Waals surface area (Å²) < 4.78 is 11.3. The average Bonchev–Trinajstić information content (AvgIpc) is 3.58. The van der Waals surface area contributed by atoms with Gasteiger partial charge >= 0.3 is 0 Å². The number of aryl methyl sites for hydroxylation is 2. The molecule has 1 unspecified atom stereocenters. The SMILES string of the molecule is CCc1ccnc(-n2c3ccccc3c3ccc(Oc4cc(-n5nc(C)c([C@H]6C(C)=C[C@H](C)CC6C)c5C(C)C)cc(C(C)(C)C)c4)cc32)c1. The molecule has 0 spiro atoms. The molecule has 6 aromatic rings. The van der Waals surface area contributed by atoms with Crippen LogP contribution >= 0.6 is 0 Å². The van der Waals surface area contributed by atoms with E-state index in [1.807, 2.05) is 6.20 Å². The summed E-state index contributed by atoms with van der Waals surface area (Å²) in [5.41, 5.74) is 10.9. The average molecular weight is 665 g/mol. The van der Waals surface area contributed by atoms with E-state index in [1.54, 1.807) is 0 Å². The Labute approximate surface area is 298 Å². The lowest BCUT2D eigenvalue weighted by molar-refractivity contribution is 0.389. The molecular weight excluding hydrogens is 613 g/mol. The predicted molar refractivity (Wildman–Crippen MR) is 209 cm³/mol. The minimum Gasteiger partial charge on any atom is -0.457 e. The van der Waals surface area contributed by atoms with Crippen molar-refractivity contribution in [2.75, 3.05) is 0 Å². The Bertz CT molecular complexity index is 2240. The Hall–Kier alpha value is -4.64. The van der Waals surface area contributed by atoms with Crippen molar-refractivity contribution in [2.45, 2.75) is 99.3 Å². The van der Waals surface area contributed by atoms with E-state index in [0.717, 1.165) is 46.2 Å². The molecule has 0 N–H and O–H groups in total. The molecule has 3 atom stereocenters. The summed E-state index contributed by atoms with van der Waals surface area (Å²) in [5.74, 6) is 4.37. The molecule has 0 saturated heterocycles. The van der Waals surface area contributed by atoms with Gasteiger partial charge in [-0.05, 0) is 103 Å². The minimum absolute atomic E-state index is 0.0865. The van der Waals surface area contributed by atoms with E-state index >= 15 is 0 Å². The summed E-state index contributed by atoms with van der Waals surface area (Å²) in [6.07, 6.45) is 6.55. The summed E-state index contributed by atoms with van der Waals surface area (Å²) in [6.45, 7) is 22.8. The van der Waals surface area contributed by atoms with Crippen molar-refractivity contribution >= 4 is 21.8 Å². The van der Waals surface area contributed by atoms with Gasteiger partial charge in [0.25, 0.3) is 0 Å². The van der Waals surface area contributed by atoms with Crippen molar-refractivity contribution < 1.29 is 4.74 Å². The smallest absolute Gasteiger partial charge is 0.137 e. The van der Waals surface area contributed by atoms with Gasteiger partial charge in [-0.3, -0.25) is 4.57 Å². The molecular formula is C45H52N4O. The third-order valence-electron chi connectivity index (χ3n) is 10.7. The molecule has 1 aliphatic rings. The normalized spacial score (nSPS) is 18.3. The summed E-state index contributed by atoms with van der Waals surface area (Å²) in [7, 11) is 0. The molecule has 0 fully saturated rings. The van der Waals surface area contributed by atoms with Crippen molar-refractivity contribution in [3.05, 3.63) is 119 Å². The van der Waals surface area contributed by atoms with Gasteiger partial charge in [-0.25, -0.2) is 9.67 Å². The molecule has 1 aliphatic carbocycles. The second-order valence-electron chi connectivity index (χ2n) is 16.0. The van der Waals surface area contributed by atoms with Crippen LogP contribution in [0.2, 0.25) is 0 Å². The molecule has 0 bridgehead atoms. The number of hydrogen-bond acceptors (Lipinski definition) is 3. The number of allylic oxidation sites excluding steroid dienone is 2. The molecule has 50 heavy (non-hydrogen) atoms. The Morgan fingerprint density at radius 3 is 2.36 bits per heavy atom. The highest BCUT2D eigenvalue weighted by molar-refractivity contribution is 6.09. The van der Waals surface area contributed by atoms with Gasteiger partial charge in [-0.2, -0.15) is 5.10 Å². The lowest BCUT2D eigenvalue weighted by Crippen LogP contribution is -2.21. The van der Waals surface area contributed by atoms with Crippen LogP contribution in [0.4, 0.5) is 0 Å². The zero-order valence-corrected chi connectivity index (χ0v) is 31.5. The standard InChI is InChI=1S/C45H52N4O/c1-11-32-18-19-46-41(22-32)48-39-15-13-12-14-37(39)38-17-16-35(26-40(38)48)50-36-24-33(45(8,9)10)23-34(25-36)49-44(27(2)3)43(31(7)47-49)42-29(5)20-28(4)21-30(42)6/h12-20,22-28,30,42H,11,21H2,1-10H3/t28-,30?,42-/m0/s1. The molecule has 258 valence electrons. The first kappa shape index (κ1) is 33.8. The maximum Gasteiger partial charge on any atom is 0.137 e. The number of hydrogen-bond donors (Lipinski definition) is 0. The number of nitrogens with zero attached hydrogens (tertiary/aromatic N) is 4. The van der Waals surface area contributed by atoms with Gasteiger partial charge in [0.05, 0.1) is 28.1 Å². The third kappa shape index (κ3) is 6.05. The van der Waals surface area contributed by atoms with Crippen molar-refractivity contribution in [2.24, 2.45) is 11.8 Å². The van der Waals surface area contributed by atoms with Crippen LogP contribution in [0.3, 0.4) is 0 Å². The number of ether oxygens (including phenoxy) is 1. The zero-order chi connectivity index (χ0) is 35.5. The number of aromatic nitrogens is 4. The van der Waals surface area contributed by atoms with Crippen LogP contribution in [-0.4, -0.2) is 19.3 Å². The van der Waals surface area contributed by atoms with Gasteiger partial charge in [0.15, 0.2) is 0 Å². The molecule has 3 heterocycles. The third-order valence-corrected chi connectivity index (χ3v) is 10.7. The summed E-state index contributed by atoms with van der Waals surface area (Å²) in [5, 5.41) is 7.66. The van der Waals surface area contributed by atoms with Gasteiger partial charge in [0.1, 0.15) is 17.3 Å². The second kappa shape index (κ2) is 12.9. The van der Waals surface area contributed by atoms with Crippen LogP contribution in [0.1, 0.15) is 109 Å². The predicted octanol–water partition coefficient (Wildman–Crippen LogP) is 12.2. The molecule has 5 heteroatoms. The van der Waals surface area contributed by atoms with Crippen LogP contribution in [0.5, 0.6) is 11.5 Å². The molecule has 3 aromatic heterocycles. The van der Waals surface area contributed by atoms with Gasteiger partial charge in [0, 0.05) is 40.6 Å². The largest absolute Gasteiger partial charge is 0.457 e. The number of fused-ring (bicyclic) bond motifs is 3. The fourth-order valence-corrected chi connectivity index (χ4v) is 8.40. The van der Waals surface area contributed by atoms with E-state index in [9.17, 15) is 0 Å². The summed E-state index contributed by atoms with van der Waals surface area (Å²) in [4.78, 5) is 4.81. The number of benzene rings is 3. The molecule has 0 radical (unpaired) electrons. The number of pyridine rings is 1. The first-order valence-electron chi connectivity index (χ1n) is 18.4. The van der Waals surface area contributed by atoms with E-state index in [4.69, 9.17) is 14.8 Å². The lowest BCUT2D eigenvalue weighted by Gasteiger charge is -2.33. The van der Waals surface area contributed by atoms with Gasteiger partial charge in [-0.15, -0.1) is 0 Å². The number of para-hydroxylation sites is 1. The molecule has 0 amide bonds.